The predicted molar refractivity (Wildman–Crippen MR) is 124 cm³/mol. The number of nitrogens with zero attached hydrogens (tertiary/aromatic N) is 4. The van der Waals surface area contributed by atoms with Crippen molar-refractivity contribution in [1.82, 2.24) is 19.9 Å². The van der Waals surface area contributed by atoms with E-state index in [1.54, 1.807) is 6.07 Å². The molecular weight excluding hydrogens is 422 g/mol. The van der Waals surface area contributed by atoms with Gasteiger partial charge >= 0.3 is 0 Å². The molecule has 0 bridgehead atoms. The smallest absolute Gasteiger partial charge is 0.252 e. The fourth-order valence-electron chi connectivity index (χ4n) is 3.86. The highest BCUT2D eigenvalue weighted by atomic mass is 32.2. The van der Waals surface area contributed by atoms with E-state index in [4.69, 9.17) is 0 Å². The topological polar surface area (TPSA) is 79.6 Å². The van der Waals surface area contributed by atoms with Crippen molar-refractivity contribution in [2.75, 3.05) is 17.2 Å². The number of amides is 2. The van der Waals surface area contributed by atoms with E-state index in [0.29, 0.717) is 17.9 Å². The van der Waals surface area contributed by atoms with Gasteiger partial charge in [0.2, 0.25) is 5.91 Å². The summed E-state index contributed by atoms with van der Waals surface area (Å²) in [4.78, 5) is 28.3. The third-order valence-electron chi connectivity index (χ3n) is 5.46. The summed E-state index contributed by atoms with van der Waals surface area (Å²) in [6, 6.07) is 21.0. The number of carbonyl (C=O) groups excluding carboxylic acids is 2. The molecule has 5 rings (SSSR count). The number of nitrogens with one attached hydrogen (secondary N) is 1. The lowest BCUT2D eigenvalue weighted by atomic mass is 10.2. The average molecular weight is 444 g/mol. The van der Waals surface area contributed by atoms with Crippen molar-refractivity contribution >= 4 is 34.9 Å². The number of rotatable bonds is 6. The molecule has 0 fully saturated rings. The van der Waals surface area contributed by atoms with Crippen LogP contribution in [0.5, 0.6) is 0 Å². The zero-order chi connectivity index (χ0) is 21.9. The molecular formula is C24H21N5O2S. The van der Waals surface area contributed by atoms with Crippen molar-refractivity contribution in [3.05, 3.63) is 89.9 Å². The van der Waals surface area contributed by atoms with Crippen LogP contribution in [0.2, 0.25) is 0 Å². The van der Waals surface area contributed by atoms with E-state index in [-0.39, 0.29) is 24.1 Å². The number of carbonyl (C=O) groups is 2. The molecule has 2 amide bonds. The minimum Gasteiger partial charge on any atom is -0.345 e. The maximum Gasteiger partial charge on any atom is 0.252 e. The molecule has 32 heavy (non-hydrogen) atoms. The third kappa shape index (κ3) is 3.97. The molecule has 0 spiro atoms. The number of benzene rings is 2. The summed E-state index contributed by atoms with van der Waals surface area (Å²) in [6.07, 6.45) is 2.74. The molecule has 7 nitrogen and oxygen atoms in total. The summed E-state index contributed by atoms with van der Waals surface area (Å²) in [6.45, 7) is 0.958. The van der Waals surface area contributed by atoms with E-state index < -0.39 is 0 Å². The fraction of sp³-hybridized carbons (Fsp3) is 0.167. The molecule has 1 N–H and O–H groups in total. The highest BCUT2D eigenvalue weighted by Crippen LogP contribution is 2.29. The Kier molecular flexibility index (Phi) is 5.60. The Morgan fingerprint density at radius 2 is 1.78 bits per heavy atom. The molecule has 8 heteroatoms. The second-order valence-electron chi connectivity index (χ2n) is 7.44. The van der Waals surface area contributed by atoms with Gasteiger partial charge in [-0.3, -0.25) is 14.0 Å². The molecule has 4 aromatic rings. The maximum atomic E-state index is 12.9. The summed E-state index contributed by atoms with van der Waals surface area (Å²) in [7, 11) is 0. The van der Waals surface area contributed by atoms with Gasteiger partial charge in [-0.15, -0.1) is 22.0 Å². The number of aromatic nitrogens is 3. The van der Waals surface area contributed by atoms with Crippen molar-refractivity contribution < 1.29 is 9.59 Å². The van der Waals surface area contributed by atoms with Crippen molar-refractivity contribution in [2.45, 2.75) is 17.9 Å². The van der Waals surface area contributed by atoms with Crippen LogP contribution in [0.4, 0.5) is 5.69 Å². The van der Waals surface area contributed by atoms with E-state index in [1.165, 1.54) is 17.3 Å². The fourth-order valence-corrected chi connectivity index (χ4v) is 4.79. The van der Waals surface area contributed by atoms with Crippen LogP contribution in [0.15, 0.2) is 77.8 Å². The van der Waals surface area contributed by atoms with Crippen LogP contribution in [-0.2, 0) is 17.8 Å². The maximum absolute atomic E-state index is 12.9. The van der Waals surface area contributed by atoms with Gasteiger partial charge in [-0.05, 0) is 42.3 Å². The highest BCUT2D eigenvalue weighted by Gasteiger charge is 2.24. The monoisotopic (exact) mass is 443 g/mol. The molecule has 2 aromatic carbocycles. The zero-order valence-corrected chi connectivity index (χ0v) is 18.1. The van der Waals surface area contributed by atoms with Gasteiger partial charge in [-0.2, -0.15) is 0 Å². The van der Waals surface area contributed by atoms with Crippen molar-refractivity contribution in [3.8, 4) is 0 Å². The molecule has 0 saturated carbocycles. The first-order chi connectivity index (χ1) is 15.7. The number of anilines is 1. The average Bonchev–Trinajstić information content (AvgIpc) is 3.45. The van der Waals surface area contributed by atoms with Gasteiger partial charge in [0.15, 0.2) is 11.5 Å². The molecule has 3 heterocycles. The van der Waals surface area contributed by atoms with E-state index in [2.05, 4.69) is 21.6 Å². The Balaban J connectivity index is 1.25. The van der Waals surface area contributed by atoms with E-state index in [9.17, 15) is 9.59 Å². The lowest BCUT2D eigenvalue weighted by Gasteiger charge is -2.17. The Morgan fingerprint density at radius 3 is 2.72 bits per heavy atom. The highest BCUT2D eigenvalue weighted by molar-refractivity contribution is 8.00. The van der Waals surface area contributed by atoms with Gasteiger partial charge in [-0.25, -0.2) is 0 Å². The van der Waals surface area contributed by atoms with Crippen molar-refractivity contribution in [2.24, 2.45) is 0 Å². The number of hydrogen-bond acceptors (Lipinski definition) is 5. The van der Waals surface area contributed by atoms with Gasteiger partial charge < -0.3 is 10.2 Å². The first-order valence-corrected chi connectivity index (χ1v) is 11.4. The van der Waals surface area contributed by atoms with Gasteiger partial charge in [0.25, 0.3) is 5.91 Å². The van der Waals surface area contributed by atoms with E-state index >= 15 is 0 Å². The summed E-state index contributed by atoms with van der Waals surface area (Å²) >= 11 is 1.39. The predicted octanol–water partition coefficient (Wildman–Crippen LogP) is 3.34. The minimum absolute atomic E-state index is 0.0464. The molecule has 0 atom stereocenters. The van der Waals surface area contributed by atoms with Gasteiger partial charge in [-0.1, -0.05) is 36.4 Å². The normalized spacial score (nSPS) is 12.7. The number of thioether (sulfide) groups is 1. The molecule has 160 valence electrons. The quantitative estimate of drug-likeness (QED) is 0.463. The van der Waals surface area contributed by atoms with Crippen LogP contribution in [0.25, 0.3) is 5.65 Å². The van der Waals surface area contributed by atoms with E-state index in [0.717, 1.165) is 22.7 Å². The van der Waals surface area contributed by atoms with Crippen LogP contribution in [0.3, 0.4) is 0 Å². The number of fused-ring (bicyclic) bond motifs is 2. The summed E-state index contributed by atoms with van der Waals surface area (Å²) in [5.74, 6) is 0.764. The first-order valence-electron chi connectivity index (χ1n) is 10.4. The SMILES string of the molecule is O=C(NCc1nnc2ccccn12)c1ccccc1SCC(=O)N1CCc2ccccc21. The number of pyridine rings is 1. The van der Waals surface area contributed by atoms with Crippen molar-refractivity contribution in [1.29, 1.82) is 0 Å². The largest absolute Gasteiger partial charge is 0.345 e. The van der Waals surface area contributed by atoms with Crippen LogP contribution >= 0.6 is 11.8 Å². The second-order valence-corrected chi connectivity index (χ2v) is 8.45. The lowest BCUT2D eigenvalue weighted by Crippen LogP contribution is -2.30. The summed E-state index contributed by atoms with van der Waals surface area (Å²) < 4.78 is 1.84. The summed E-state index contributed by atoms with van der Waals surface area (Å²) in [5.41, 5.74) is 3.46. The second kappa shape index (κ2) is 8.84. The Labute approximate surface area is 189 Å². The molecule has 0 radical (unpaired) electrons. The zero-order valence-electron chi connectivity index (χ0n) is 17.3. The Hall–Kier alpha value is -3.65. The van der Waals surface area contributed by atoms with Crippen LogP contribution in [0, 0.1) is 0 Å². The van der Waals surface area contributed by atoms with Crippen LogP contribution < -0.4 is 10.2 Å². The molecule has 0 saturated heterocycles. The van der Waals surface area contributed by atoms with Gasteiger partial charge in [0, 0.05) is 23.3 Å². The van der Waals surface area contributed by atoms with Gasteiger partial charge in [0.05, 0.1) is 17.9 Å². The molecule has 1 aliphatic rings. The molecule has 0 aliphatic carbocycles. The first kappa shape index (κ1) is 20.3. The Bertz CT molecular complexity index is 1300. The molecule has 1 aliphatic heterocycles. The third-order valence-corrected chi connectivity index (χ3v) is 6.52. The van der Waals surface area contributed by atoms with Crippen molar-refractivity contribution in [3.63, 3.8) is 0 Å². The van der Waals surface area contributed by atoms with Crippen LogP contribution in [0.1, 0.15) is 21.7 Å². The standard InChI is InChI=1S/C24H21N5O2S/c30-23(28-14-12-17-7-1-3-9-19(17)28)16-32-20-10-4-2-8-18(20)24(31)25-15-22-27-26-21-11-5-6-13-29(21)22/h1-11,13H,12,14-16H2,(H,25,31). The van der Waals surface area contributed by atoms with E-state index in [1.807, 2.05) is 70.1 Å². The van der Waals surface area contributed by atoms with Crippen LogP contribution in [-0.4, -0.2) is 38.7 Å². The molecule has 0 unspecified atom stereocenters. The lowest BCUT2D eigenvalue weighted by molar-refractivity contribution is -0.116. The molecule has 2 aromatic heterocycles. The van der Waals surface area contributed by atoms with Gasteiger partial charge in [0.1, 0.15) is 0 Å². The number of hydrogen-bond donors (Lipinski definition) is 1. The Morgan fingerprint density at radius 1 is 0.969 bits per heavy atom. The number of para-hydroxylation sites is 1. The summed E-state index contributed by atoms with van der Waals surface area (Å²) in [5, 5.41) is 11.2. The minimum atomic E-state index is -0.209.